The topological polar surface area (TPSA) is 12.9 Å². The zero-order valence-corrected chi connectivity index (χ0v) is 6.67. The number of aromatic nitrogens is 1. The van der Waals surface area contributed by atoms with E-state index >= 15 is 0 Å². The van der Waals surface area contributed by atoms with Gasteiger partial charge in [0.15, 0.2) is 0 Å². The summed E-state index contributed by atoms with van der Waals surface area (Å²) >= 11 is 0. The fraction of sp³-hybridized carbons (Fsp3) is 0.300. The number of pyridine rings is 1. The van der Waals surface area contributed by atoms with Crippen LogP contribution >= 0.6 is 0 Å². The third-order valence-corrected chi connectivity index (χ3v) is 2.16. The molecule has 11 heavy (non-hydrogen) atoms. The molecule has 0 saturated carbocycles. The van der Waals surface area contributed by atoms with Crippen LogP contribution in [0.1, 0.15) is 23.1 Å². The van der Waals surface area contributed by atoms with E-state index < -0.39 is 0 Å². The van der Waals surface area contributed by atoms with Gasteiger partial charge in [0.05, 0.1) is 0 Å². The smallest absolute Gasteiger partial charge is 0.0343 e. The Morgan fingerprint density at radius 3 is 3.09 bits per heavy atom. The van der Waals surface area contributed by atoms with Crippen LogP contribution in [0.4, 0.5) is 0 Å². The highest BCUT2D eigenvalue weighted by Crippen LogP contribution is 2.20. The first-order valence-electron chi connectivity index (χ1n) is 3.98. The molecule has 0 amide bonds. The summed E-state index contributed by atoms with van der Waals surface area (Å²) in [5.41, 5.74) is 4.10. The Hall–Kier alpha value is -1.11. The minimum absolute atomic E-state index is 1.18. The molecule has 0 fully saturated rings. The zero-order valence-electron chi connectivity index (χ0n) is 6.67. The molecule has 1 heterocycles. The average molecular weight is 145 g/mol. The van der Waals surface area contributed by atoms with Gasteiger partial charge in [-0.2, -0.15) is 0 Å². The molecule has 0 radical (unpaired) electrons. The molecule has 1 aliphatic rings. The van der Waals surface area contributed by atoms with Crippen LogP contribution in [0.15, 0.2) is 18.5 Å². The van der Waals surface area contributed by atoms with Crippen molar-refractivity contribution in [3.05, 3.63) is 35.2 Å². The third-order valence-electron chi connectivity index (χ3n) is 2.16. The summed E-state index contributed by atoms with van der Waals surface area (Å²) in [7, 11) is 0. The van der Waals surface area contributed by atoms with E-state index in [2.05, 4.69) is 24.1 Å². The Morgan fingerprint density at radius 2 is 2.27 bits per heavy atom. The second-order valence-electron chi connectivity index (χ2n) is 2.97. The van der Waals surface area contributed by atoms with Crippen molar-refractivity contribution in [2.45, 2.75) is 19.8 Å². The van der Waals surface area contributed by atoms with Gasteiger partial charge in [-0.25, -0.2) is 0 Å². The van der Waals surface area contributed by atoms with E-state index in [4.69, 9.17) is 0 Å². The van der Waals surface area contributed by atoms with E-state index in [1.807, 2.05) is 12.4 Å². The monoisotopic (exact) mass is 145 g/mol. The van der Waals surface area contributed by atoms with Crippen molar-refractivity contribution in [3.8, 4) is 0 Å². The lowest BCUT2D eigenvalue weighted by Crippen LogP contribution is -1.97. The van der Waals surface area contributed by atoms with Gasteiger partial charge in [0.1, 0.15) is 0 Å². The molecule has 0 bridgehead atoms. The second-order valence-corrected chi connectivity index (χ2v) is 2.97. The van der Waals surface area contributed by atoms with Crippen LogP contribution in [0, 0.1) is 6.92 Å². The molecular weight excluding hydrogens is 134 g/mol. The maximum absolute atomic E-state index is 4.15. The molecule has 1 aliphatic carbocycles. The fourth-order valence-corrected chi connectivity index (χ4v) is 1.54. The van der Waals surface area contributed by atoms with Gasteiger partial charge >= 0.3 is 0 Å². The lowest BCUT2D eigenvalue weighted by molar-refractivity contribution is 0.960. The van der Waals surface area contributed by atoms with Crippen molar-refractivity contribution in [2.75, 3.05) is 0 Å². The average Bonchev–Trinajstić information content (AvgIpc) is 2.06. The molecule has 0 N–H and O–H groups in total. The Kier molecular flexibility index (Phi) is 1.50. The molecular formula is C10H11N. The van der Waals surface area contributed by atoms with Crippen molar-refractivity contribution in [3.63, 3.8) is 0 Å². The largest absolute Gasteiger partial charge is 0.264 e. The van der Waals surface area contributed by atoms with Crippen LogP contribution < -0.4 is 0 Å². The van der Waals surface area contributed by atoms with Crippen LogP contribution in [0.25, 0.3) is 6.08 Å². The normalized spacial score (nSPS) is 14.6. The van der Waals surface area contributed by atoms with Crippen molar-refractivity contribution in [2.24, 2.45) is 0 Å². The Labute approximate surface area is 66.8 Å². The van der Waals surface area contributed by atoms with Crippen LogP contribution in [0.5, 0.6) is 0 Å². The Morgan fingerprint density at radius 1 is 1.36 bits per heavy atom. The van der Waals surface area contributed by atoms with Gasteiger partial charge in [-0.15, -0.1) is 0 Å². The molecule has 1 aromatic rings. The number of hydrogen-bond donors (Lipinski definition) is 0. The minimum atomic E-state index is 1.18. The number of allylic oxidation sites excluding steroid dienone is 1. The summed E-state index contributed by atoms with van der Waals surface area (Å²) in [4.78, 5) is 4.15. The lowest BCUT2D eigenvalue weighted by Gasteiger charge is -2.11. The van der Waals surface area contributed by atoms with E-state index in [0.29, 0.717) is 0 Å². The van der Waals surface area contributed by atoms with Crippen LogP contribution in [-0.2, 0) is 6.42 Å². The lowest BCUT2D eigenvalue weighted by atomic mass is 9.96. The van der Waals surface area contributed by atoms with Gasteiger partial charge in [-0.1, -0.05) is 12.2 Å². The summed E-state index contributed by atoms with van der Waals surface area (Å²) in [6, 6.07) is 0. The molecule has 0 spiro atoms. The fourth-order valence-electron chi connectivity index (χ4n) is 1.54. The summed E-state index contributed by atoms with van der Waals surface area (Å²) in [6.45, 7) is 2.13. The second kappa shape index (κ2) is 2.50. The highest BCUT2D eigenvalue weighted by Gasteiger charge is 2.05. The maximum Gasteiger partial charge on any atom is 0.0343 e. The summed E-state index contributed by atoms with van der Waals surface area (Å²) in [5, 5.41) is 0. The SMILES string of the molecule is Cc1cncc2c1CCC=C2. The number of rotatable bonds is 0. The Balaban J connectivity index is 2.60. The van der Waals surface area contributed by atoms with Gasteiger partial charge in [-0.3, -0.25) is 4.98 Å². The maximum atomic E-state index is 4.15. The van der Waals surface area contributed by atoms with E-state index in [0.717, 1.165) is 0 Å². The van der Waals surface area contributed by atoms with E-state index in [1.165, 1.54) is 29.5 Å². The molecule has 56 valence electrons. The predicted octanol–water partition coefficient (Wildman–Crippen LogP) is 2.35. The number of aryl methyl sites for hydroxylation is 1. The van der Waals surface area contributed by atoms with E-state index in [1.54, 1.807) is 0 Å². The molecule has 0 unspecified atom stereocenters. The third kappa shape index (κ3) is 1.07. The van der Waals surface area contributed by atoms with Gasteiger partial charge in [0.2, 0.25) is 0 Å². The summed E-state index contributed by atoms with van der Waals surface area (Å²) in [6.07, 6.45) is 10.6. The number of fused-ring (bicyclic) bond motifs is 1. The number of nitrogens with zero attached hydrogens (tertiary/aromatic N) is 1. The van der Waals surface area contributed by atoms with Gasteiger partial charge in [0.25, 0.3) is 0 Å². The molecule has 2 rings (SSSR count). The minimum Gasteiger partial charge on any atom is -0.264 e. The zero-order chi connectivity index (χ0) is 7.68. The van der Waals surface area contributed by atoms with Crippen LogP contribution in [-0.4, -0.2) is 4.98 Å². The van der Waals surface area contributed by atoms with Gasteiger partial charge < -0.3 is 0 Å². The first-order valence-corrected chi connectivity index (χ1v) is 3.98. The first-order chi connectivity index (χ1) is 5.38. The molecule has 0 aromatic carbocycles. The highest BCUT2D eigenvalue weighted by atomic mass is 14.6. The Bertz CT molecular complexity index is 300. The van der Waals surface area contributed by atoms with Gasteiger partial charge in [-0.05, 0) is 36.5 Å². The standard InChI is InChI=1S/C10H11N/c1-8-6-11-7-9-4-2-3-5-10(8)9/h2,4,6-7H,3,5H2,1H3. The van der Waals surface area contributed by atoms with Gasteiger partial charge in [0, 0.05) is 12.4 Å². The molecule has 0 aliphatic heterocycles. The highest BCUT2D eigenvalue weighted by molar-refractivity contribution is 5.56. The first kappa shape index (κ1) is 6.59. The van der Waals surface area contributed by atoms with Crippen molar-refractivity contribution < 1.29 is 0 Å². The van der Waals surface area contributed by atoms with Crippen molar-refractivity contribution >= 4 is 6.08 Å². The van der Waals surface area contributed by atoms with E-state index in [9.17, 15) is 0 Å². The van der Waals surface area contributed by atoms with Crippen molar-refractivity contribution in [1.29, 1.82) is 0 Å². The molecule has 0 atom stereocenters. The van der Waals surface area contributed by atoms with Crippen LogP contribution in [0.2, 0.25) is 0 Å². The molecule has 1 nitrogen and oxygen atoms in total. The van der Waals surface area contributed by atoms with Crippen LogP contribution in [0.3, 0.4) is 0 Å². The molecule has 0 saturated heterocycles. The van der Waals surface area contributed by atoms with Crippen molar-refractivity contribution in [1.82, 2.24) is 4.98 Å². The quantitative estimate of drug-likeness (QED) is 0.546. The summed E-state index contributed by atoms with van der Waals surface area (Å²) in [5.74, 6) is 0. The molecule has 1 heteroatoms. The number of hydrogen-bond acceptors (Lipinski definition) is 1. The molecule has 1 aromatic heterocycles. The van der Waals surface area contributed by atoms with E-state index in [-0.39, 0.29) is 0 Å². The summed E-state index contributed by atoms with van der Waals surface area (Å²) < 4.78 is 0. The predicted molar refractivity (Wildman–Crippen MR) is 46.3 cm³/mol.